The molecule has 0 atom stereocenters. The summed E-state index contributed by atoms with van der Waals surface area (Å²) in [6.45, 7) is 3.42. The van der Waals surface area contributed by atoms with Crippen LogP contribution in [0.15, 0.2) is 17.0 Å². The van der Waals surface area contributed by atoms with Crippen LogP contribution in [0.2, 0.25) is 0 Å². The molecule has 0 fully saturated rings. The summed E-state index contributed by atoms with van der Waals surface area (Å²) < 4.78 is 48.6. The minimum absolute atomic E-state index is 0.0938. The van der Waals surface area contributed by atoms with E-state index in [0.29, 0.717) is 24.1 Å². The van der Waals surface area contributed by atoms with Gasteiger partial charge in [0, 0.05) is 12.2 Å². The number of nitrogens with one attached hydrogen (secondary N) is 1. The number of nitrogens with two attached hydrogens (primary N) is 2. The highest BCUT2D eigenvalue weighted by Crippen LogP contribution is 2.25. The summed E-state index contributed by atoms with van der Waals surface area (Å²) in [6, 6.07) is 3.32. The van der Waals surface area contributed by atoms with Crippen LogP contribution >= 0.6 is 0 Å². The first-order valence-electron chi connectivity index (χ1n) is 6.52. The van der Waals surface area contributed by atoms with Crippen molar-refractivity contribution in [3.8, 4) is 0 Å². The average molecular weight is 335 g/mol. The van der Waals surface area contributed by atoms with Gasteiger partial charge in [-0.1, -0.05) is 13.8 Å². The number of rotatable bonds is 7. The second-order valence-corrected chi connectivity index (χ2v) is 8.10. The van der Waals surface area contributed by atoms with Crippen LogP contribution in [0.3, 0.4) is 0 Å². The van der Waals surface area contributed by atoms with Gasteiger partial charge in [0.1, 0.15) is 0 Å². The molecule has 0 spiro atoms. The Kier molecular flexibility index (Phi) is 5.74. The summed E-state index contributed by atoms with van der Waals surface area (Å²) in [5.74, 6) is -0.462. The van der Waals surface area contributed by atoms with Gasteiger partial charge in [-0.05, 0) is 36.1 Å². The molecular weight excluding hydrogens is 314 g/mol. The Hall–Kier alpha value is -1.16. The molecule has 5 N–H and O–H groups in total. The number of nitrogen functional groups attached to an aromatic ring is 1. The molecule has 0 aliphatic carbocycles. The number of hydrogen-bond acceptors (Lipinski definition) is 5. The summed E-state index contributed by atoms with van der Waals surface area (Å²) in [7, 11) is -7.55. The maximum Gasteiger partial charge on any atom is 0.240 e. The van der Waals surface area contributed by atoms with Gasteiger partial charge in [0.2, 0.25) is 20.0 Å². The molecule has 9 heteroatoms. The number of sulfonamides is 2. The molecule has 7 nitrogen and oxygen atoms in total. The molecule has 0 amide bonds. The van der Waals surface area contributed by atoms with Gasteiger partial charge in [0.25, 0.3) is 0 Å². The fourth-order valence-corrected chi connectivity index (χ4v) is 3.88. The average Bonchev–Trinajstić information content (AvgIpc) is 2.35. The fourth-order valence-electron chi connectivity index (χ4n) is 1.94. The van der Waals surface area contributed by atoms with E-state index in [0.717, 1.165) is 5.56 Å². The Balaban J connectivity index is 3.15. The van der Waals surface area contributed by atoms with E-state index in [1.54, 1.807) is 19.1 Å². The van der Waals surface area contributed by atoms with Crippen LogP contribution < -0.4 is 15.6 Å². The van der Waals surface area contributed by atoms with E-state index < -0.39 is 25.8 Å². The summed E-state index contributed by atoms with van der Waals surface area (Å²) in [5.41, 5.74) is 7.64. The van der Waals surface area contributed by atoms with Gasteiger partial charge in [-0.25, -0.2) is 26.7 Å². The number of primary sulfonamides is 1. The van der Waals surface area contributed by atoms with Crippen molar-refractivity contribution in [3.05, 3.63) is 23.3 Å². The molecule has 0 saturated carbocycles. The number of benzene rings is 1. The molecular formula is C12H21N3O4S2. The van der Waals surface area contributed by atoms with Crippen LogP contribution in [0, 0.1) is 0 Å². The molecule has 1 aromatic rings. The maximum absolute atomic E-state index is 12.3. The van der Waals surface area contributed by atoms with Crippen molar-refractivity contribution in [2.75, 3.05) is 18.0 Å². The SMILES string of the molecule is CCc1cc(N)c(CC)c(S(=O)(=O)NCCS(N)(=O)=O)c1. The monoisotopic (exact) mass is 335 g/mol. The molecule has 1 aromatic carbocycles. The molecule has 0 heterocycles. The minimum Gasteiger partial charge on any atom is -0.398 e. The lowest BCUT2D eigenvalue weighted by Crippen LogP contribution is -2.32. The Labute approximate surface area is 125 Å². The van der Waals surface area contributed by atoms with Crippen molar-refractivity contribution in [3.63, 3.8) is 0 Å². The third-order valence-corrected chi connectivity index (χ3v) is 5.33. The normalized spacial score (nSPS) is 12.5. The lowest BCUT2D eigenvalue weighted by Gasteiger charge is -2.14. The largest absolute Gasteiger partial charge is 0.398 e. The van der Waals surface area contributed by atoms with Crippen LogP contribution in [0.4, 0.5) is 5.69 Å². The van der Waals surface area contributed by atoms with E-state index in [4.69, 9.17) is 10.9 Å². The number of hydrogen-bond donors (Lipinski definition) is 3. The molecule has 0 bridgehead atoms. The van der Waals surface area contributed by atoms with Crippen LogP contribution in [0.1, 0.15) is 25.0 Å². The highest BCUT2D eigenvalue weighted by Gasteiger charge is 2.20. The van der Waals surface area contributed by atoms with Crippen LogP contribution in [0.25, 0.3) is 0 Å². The molecule has 0 radical (unpaired) electrons. The summed E-state index contributed by atoms with van der Waals surface area (Å²) in [4.78, 5) is 0.0938. The fraction of sp³-hybridized carbons (Fsp3) is 0.500. The van der Waals surface area contributed by atoms with Gasteiger partial charge in [-0.3, -0.25) is 0 Å². The maximum atomic E-state index is 12.3. The summed E-state index contributed by atoms with van der Waals surface area (Å²) in [5, 5.41) is 4.85. The highest BCUT2D eigenvalue weighted by atomic mass is 32.2. The molecule has 0 aliphatic heterocycles. The predicted molar refractivity (Wildman–Crippen MR) is 82.8 cm³/mol. The molecule has 0 aromatic heterocycles. The Morgan fingerprint density at radius 3 is 2.19 bits per heavy atom. The first-order chi connectivity index (χ1) is 9.60. The lowest BCUT2D eigenvalue weighted by molar-refractivity contribution is 0.580. The van der Waals surface area contributed by atoms with Crippen LogP contribution in [0.5, 0.6) is 0 Å². The molecule has 0 aliphatic rings. The summed E-state index contributed by atoms with van der Waals surface area (Å²) in [6.07, 6.45) is 1.11. The molecule has 21 heavy (non-hydrogen) atoms. The number of aryl methyl sites for hydroxylation is 1. The van der Waals surface area contributed by atoms with Crippen molar-refractivity contribution >= 4 is 25.7 Å². The first-order valence-corrected chi connectivity index (χ1v) is 9.72. The third-order valence-electron chi connectivity index (χ3n) is 3.03. The van der Waals surface area contributed by atoms with Crippen LogP contribution in [-0.2, 0) is 32.9 Å². The quantitative estimate of drug-likeness (QED) is 0.601. The van der Waals surface area contributed by atoms with E-state index in [2.05, 4.69) is 4.72 Å². The van der Waals surface area contributed by atoms with Gasteiger partial charge < -0.3 is 5.73 Å². The Morgan fingerprint density at radius 1 is 1.10 bits per heavy atom. The topological polar surface area (TPSA) is 132 Å². The van der Waals surface area contributed by atoms with Gasteiger partial charge >= 0.3 is 0 Å². The second kappa shape index (κ2) is 6.73. The zero-order valence-corrected chi connectivity index (χ0v) is 13.7. The second-order valence-electron chi connectivity index (χ2n) is 4.63. The third kappa shape index (κ3) is 4.95. The van der Waals surface area contributed by atoms with E-state index >= 15 is 0 Å². The van der Waals surface area contributed by atoms with E-state index in [1.807, 2.05) is 6.92 Å². The molecule has 0 saturated heterocycles. The highest BCUT2D eigenvalue weighted by molar-refractivity contribution is 7.90. The van der Waals surface area contributed by atoms with Crippen LogP contribution in [-0.4, -0.2) is 29.1 Å². The van der Waals surface area contributed by atoms with Crippen molar-refractivity contribution in [1.82, 2.24) is 4.72 Å². The first kappa shape index (κ1) is 17.9. The van der Waals surface area contributed by atoms with Crippen molar-refractivity contribution < 1.29 is 16.8 Å². The van der Waals surface area contributed by atoms with E-state index in [-0.39, 0.29) is 11.4 Å². The van der Waals surface area contributed by atoms with Gasteiger partial charge in [0.05, 0.1) is 10.6 Å². The zero-order chi connectivity index (χ0) is 16.3. The van der Waals surface area contributed by atoms with Crippen molar-refractivity contribution in [1.29, 1.82) is 0 Å². The molecule has 120 valence electrons. The van der Waals surface area contributed by atoms with Crippen molar-refractivity contribution in [2.24, 2.45) is 5.14 Å². The Bertz CT molecular complexity index is 712. The molecule has 1 rings (SSSR count). The van der Waals surface area contributed by atoms with Gasteiger partial charge in [-0.15, -0.1) is 0 Å². The smallest absolute Gasteiger partial charge is 0.240 e. The van der Waals surface area contributed by atoms with Gasteiger partial charge in [-0.2, -0.15) is 0 Å². The minimum atomic E-state index is -3.83. The Morgan fingerprint density at radius 2 is 1.71 bits per heavy atom. The van der Waals surface area contributed by atoms with E-state index in [9.17, 15) is 16.8 Å². The van der Waals surface area contributed by atoms with Gasteiger partial charge in [0.15, 0.2) is 0 Å². The lowest BCUT2D eigenvalue weighted by atomic mass is 10.1. The standard InChI is InChI=1S/C12H21N3O4S2/c1-3-9-7-11(13)10(4-2)12(8-9)21(18,19)15-5-6-20(14,16)17/h7-8,15H,3-6,13H2,1-2H3,(H2,14,16,17). The number of anilines is 1. The zero-order valence-electron chi connectivity index (χ0n) is 12.1. The summed E-state index contributed by atoms with van der Waals surface area (Å²) >= 11 is 0. The van der Waals surface area contributed by atoms with E-state index in [1.165, 1.54) is 0 Å². The van der Waals surface area contributed by atoms with Crippen molar-refractivity contribution in [2.45, 2.75) is 31.6 Å². The molecule has 0 unspecified atom stereocenters. The predicted octanol–water partition coefficient (Wildman–Crippen LogP) is -0.0396.